The number of guanidine groups is 1. The van der Waals surface area contributed by atoms with E-state index in [9.17, 15) is 15.0 Å². The molecule has 6 atom stereocenters. The van der Waals surface area contributed by atoms with Crippen LogP contribution in [0.5, 0.6) is 0 Å². The van der Waals surface area contributed by atoms with Crippen molar-refractivity contribution in [3.05, 3.63) is 0 Å². The SMILES string of the molecule is NC1=NC2C(N=CN2[C@@H]2O[C@H](CI)[C@@H](O)[C@H]2O)C(=O)N1. The minimum absolute atomic E-state index is 0.00484. The van der Waals surface area contributed by atoms with Gasteiger partial charge in [-0.25, -0.2) is 4.99 Å². The highest BCUT2D eigenvalue weighted by Crippen LogP contribution is 2.30. The van der Waals surface area contributed by atoms with Crippen LogP contribution in [0, 0.1) is 0 Å². The van der Waals surface area contributed by atoms with Crippen molar-refractivity contribution in [1.29, 1.82) is 0 Å². The number of halogens is 1. The van der Waals surface area contributed by atoms with Gasteiger partial charge in [0.15, 0.2) is 24.4 Å². The molecule has 10 heteroatoms. The molecule has 110 valence electrons. The Hall–Kier alpha value is -0.980. The van der Waals surface area contributed by atoms with Crippen molar-refractivity contribution in [2.45, 2.75) is 36.7 Å². The fourth-order valence-electron chi connectivity index (χ4n) is 2.49. The van der Waals surface area contributed by atoms with Gasteiger partial charge >= 0.3 is 0 Å². The fourth-order valence-corrected chi connectivity index (χ4v) is 3.22. The lowest BCUT2D eigenvalue weighted by molar-refractivity contribution is -0.123. The molecular weight excluding hydrogens is 381 g/mol. The van der Waals surface area contributed by atoms with Crippen LogP contribution in [0.1, 0.15) is 0 Å². The van der Waals surface area contributed by atoms with E-state index in [2.05, 4.69) is 37.9 Å². The molecule has 5 N–H and O–H groups in total. The average Bonchev–Trinajstić information content (AvgIpc) is 2.93. The molecule has 3 rings (SSSR count). The van der Waals surface area contributed by atoms with Gasteiger partial charge in [0.25, 0.3) is 5.91 Å². The molecule has 9 nitrogen and oxygen atoms in total. The molecule has 0 bridgehead atoms. The highest BCUT2D eigenvalue weighted by molar-refractivity contribution is 14.1. The standard InChI is InChI=1S/C10H14IN5O4/c11-1-3-5(17)6(18)9(20-3)16-2-13-4-7(16)14-10(12)15-8(4)19/h2-7,9,17-18H,1H2,(H3,12,14,15,19)/t3-,4?,5-,6-,7?,9-/m1/s1. The zero-order valence-electron chi connectivity index (χ0n) is 10.3. The Bertz CT molecular complexity index is 486. The molecule has 0 aromatic carbocycles. The smallest absolute Gasteiger partial charge is 0.255 e. The van der Waals surface area contributed by atoms with Crippen molar-refractivity contribution < 1.29 is 19.7 Å². The van der Waals surface area contributed by atoms with Gasteiger partial charge in [-0.1, -0.05) is 22.6 Å². The Labute approximate surface area is 128 Å². The maximum atomic E-state index is 11.7. The van der Waals surface area contributed by atoms with Crippen molar-refractivity contribution in [3.63, 3.8) is 0 Å². The summed E-state index contributed by atoms with van der Waals surface area (Å²) in [7, 11) is 0. The van der Waals surface area contributed by atoms with Gasteiger partial charge in [0, 0.05) is 4.43 Å². The molecule has 2 unspecified atom stereocenters. The largest absolute Gasteiger partial charge is 0.387 e. The Morgan fingerprint density at radius 1 is 1.50 bits per heavy atom. The maximum Gasteiger partial charge on any atom is 0.255 e. The first-order chi connectivity index (χ1) is 9.52. The number of hydrogen-bond donors (Lipinski definition) is 4. The van der Waals surface area contributed by atoms with E-state index >= 15 is 0 Å². The summed E-state index contributed by atoms with van der Waals surface area (Å²) in [6.45, 7) is 0. The summed E-state index contributed by atoms with van der Waals surface area (Å²) in [6, 6.07) is -0.714. The third kappa shape index (κ3) is 2.06. The van der Waals surface area contributed by atoms with Crippen molar-refractivity contribution in [2.24, 2.45) is 15.7 Å². The Morgan fingerprint density at radius 3 is 2.90 bits per heavy atom. The molecule has 1 saturated heterocycles. The molecule has 20 heavy (non-hydrogen) atoms. The number of aliphatic hydroxyl groups is 2. The van der Waals surface area contributed by atoms with Gasteiger partial charge in [-0.05, 0) is 0 Å². The van der Waals surface area contributed by atoms with Crippen molar-refractivity contribution in [1.82, 2.24) is 10.2 Å². The zero-order valence-corrected chi connectivity index (χ0v) is 12.4. The highest BCUT2D eigenvalue weighted by atomic mass is 127. The lowest BCUT2D eigenvalue weighted by Gasteiger charge is -2.32. The minimum atomic E-state index is -1.10. The molecule has 3 heterocycles. The Kier molecular flexibility index (Phi) is 3.56. The third-order valence-corrected chi connectivity index (χ3v) is 4.39. The lowest BCUT2D eigenvalue weighted by atomic mass is 10.1. The van der Waals surface area contributed by atoms with Crippen molar-refractivity contribution in [3.8, 4) is 0 Å². The number of rotatable bonds is 2. The molecule has 3 aliphatic rings. The number of aliphatic hydroxyl groups excluding tert-OH is 2. The topological polar surface area (TPSA) is 133 Å². The van der Waals surface area contributed by atoms with Gasteiger partial charge in [-0.2, -0.15) is 0 Å². The van der Waals surface area contributed by atoms with Gasteiger partial charge < -0.3 is 25.6 Å². The molecular formula is C10H14IN5O4. The second kappa shape index (κ2) is 5.09. The predicted molar refractivity (Wildman–Crippen MR) is 77.2 cm³/mol. The van der Waals surface area contributed by atoms with Gasteiger partial charge in [0.05, 0.1) is 12.4 Å². The van der Waals surface area contributed by atoms with Gasteiger partial charge in [0.2, 0.25) is 0 Å². The van der Waals surface area contributed by atoms with Gasteiger partial charge in [0.1, 0.15) is 12.2 Å². The second-order valence-corrected chi connectivity index (χ2v) is 5.66. The van der Waals surface area contributed by atoms with E-state index < -0.39 is 36.7 Å². The molecule has 0 saturated carbocycles. The Balaban J connectivity index is 1.84. The first-order valence-corrected chi connectivity index (χ1v) is 7.58. The molecule has 3 aliphatic heterocycles. The van der Waals surface area contributed by atoms with E-state index in [1.54, 1.807) is 0 Å². The molecule has 1 amide bonds. The van der Waals surface area contributed by atoms with Crippen LogP contribution in [0.2, 0.25) is 0 Å². The first kappa shape index (κ1) is 14.0. The van der Waals surface area contributed by atoms with E-state index in [-0.39, 0.29) is 11.9 Å². The molecule has 0 spiro atoms. The van der Waals surface area contributed by atoms with E-state index in [1.807, 2.05) is 0 Å². The van der Waals surface area contributed by atoms with E-state index in [0.29, 0.717) is 4.43 Å². The molecule has 0 aromatic rings. The number of alkyl halides is 1. The number of carbonyl (C=O) groups is 1. The fraction of sp³-hybridized carbons (Fsp3) is 0.700. The predicted octanol–water partition coefficient (Wildman–Crippen LogP) is -2.65. The van der Waals surface area contributed by atoms with Gasteiger partial charge in [-0.3, -0.25) is 15.1 Å². The summed E-state index contributed by atoms with van der Waals surface area (Å²) in [5.41, 5.74) is 5.54. The number of fused-ring (bicyclic) bond motifs is 1. The van der Waals surface area contributed by atoms with Crippen LogP contribution in [-0.4, -0.2) is 74.5 Å². The van der Waals surface area contributed by atoms with Crippen LogP contribution in [0.4, 0.5) is 0 Å². The summed E-state index contributed by atoms with van der Waals surface area (Å²) < 4.78 is 6.16. The quantitative estimate of drug-likeness (QED) is 0.298. The van der Waals surface area contributed by atoms with Crippen molar-refractivity contribution in [2.75, 3.05) is 4.43 Å². The summed E-state index contributed by atoms with van der Waals surface area (Å²) in [5.74, 6) is -0.343. The molecule has 0 aromatic heterocycles. The number of carbonyl (C=O) groups excluding carboxylic acids is 1. The molecule has 0 aliphatic carbocycles. The summed E-state index contributed by atoms with van der Waals surface area (Å²) in [5, 5.41) is 22.4. The van der Waals surface area contributed by atoms with Gasteiger partial charge in [-0.15, -0.1) is 0 Å². The zero-order chi connectivity index (χ0) is 14.4. The number of aliphatic imine (C=N–C) groups is 2. The number of hydrogen-bond acceptors (Lipinski definition) is 8. The third-order valence-electron chi connectivity index (χ3n) is 3.52. The average molecular weight is 395 g/mol. The van der Waals surface area contributed by atoms with Crippen LogP contribution < -0.4 is 11.1 Å². The summed E-state index contributed by atoms with van der Waals surface area (Å²) >= 11 is 2.07. The van der Waals surface area contributed by atoms with E-state index in [0.717, 1.165) is 0 Å². The highest BCUT2D eigenvalue weighted by Gasteiger charge is 2.50. The van der Waals surface area contributed by atoms with Crippen molar-refractivity contribution >= 4 is 40.8 Å². The van der Waals surface area contributed by atoms with Crippen LogP contribution in [-0.2, 0) is 9.53 Å². The Morgan fingerprint density at radius 2 is 2.25 bits per heavy atom. The number of amides is 1. The van der Waals surface area contributed by atoms with Crippen LogP contribution >= 0.6 is 22.6 Å². The monoisotopic (exact) mass is 395 g/mol. The normalized spacial score (nSPS) is 43.5. The maximum absolute atomic E-state index is 11.7. The number of nitrogens with two attached hydrogens (primary N) is 1. The summed E-state index contributed by atoms with van der Waals surface area (Å²) in [4.78, 5) is 21.5. The minimum Gasteiger partial charge on any atom is -0.387 e. The summed E-state index contributed by atoms with van der Waals surface area (Å²) in [6.07, 6.45) is -2.59. The molecule has 0 radical (unpaired) electrons. The first-order valence-electron chi connectivity index (χ1n) is 6.05. The van der Waals surface area contributed by atoms with E-state index in [1.165, 1.54) is 11.2 Å². The number of nitrogens with zero attached hydrogens (tertiary/aromatic N) is 3. The lowest BCUT2D eigenvalue weighted by Crippen LogP contribution is -2.56. The number of ether oxygens (including phenoxy) is 1. The van der Waals surface area contributed by atoms with Crippen LogP contribution in [0.25, 0.3) is 0 Å². The van der Waals surface area contributed by atoms with Crippen LogP contribution in [0.15, 0.2) is 9.98 Å². The number of nitrogens with one attached hydrogen (secondary N) is 1. The van der Waals surface area contributed by atoms with Crippen LogP contribution in [0.3, 0.4) is 0 Å². The van der Waals surface area contributed by atoms with E-state index in [4.69, 9.17) is 10.5 Å². The molecule has 1 fully saturated rings. The second-order valence-electron chi connectivity index (χ2n) is 4.77.